The molecule has 2 aromatic carbocycles. The number of hydrogen-bond donors (Lipinski definition) is 0. The third-order valence-electron chi connectivity index (χ3n) is 6.60. The van der Waals surface area contributed by atoms with Crippen LogP contribution in [0.5, 0.6) is 0 Å². The molecular formula is C24H25Cl3Ti. The Morgan fingerprint density at radius 2 is 1.14 bits per heavy atom. The molecule has 0 aliphatic heterocycles. The van der Waals surface area contributed by atoms with Gasteiger partial charge in [-0.25, -0.2) is 0 Å². The van der Waals surface area contributed by atoms with E-state index in [9.17, 15) is 0 Å². The van der Waals surface area contributed by atoms with Gasteiger partial charge in [-0.2, -0.15) is 0 Å². The van der Waals surface area contributed by atoms with E-state index in [1.165, 1.54) is 11.1 Å². The van der Waals surface area contributed by atoms with Gasteiger partial charge in [-0.1, -0.05) is 0 Å². The number of allylic oxidation sites excluding steroid dienone is 4. The maximum atomic E-state index is 2.47. The number of rotatable bonds is 3. The molecule has 0 heterocycles. The quantitative estimate of drug-likeness (QED) is 0.422. The Bertz CT molecular complexity index is 749. The summed E-state index contributed by atoms with van der Waals surface area (Å²) in [6, 6.07) is 22.3. The predicted octanol–water partition coefficient (Wildman–Crippen LogP) is -3.04. The molecule has 2 aliphatic rings. The van der Waals surface area contributed by atoms with Crippen molar-refractivity contribution < 1.29 is 57.7 Å². The van der Waals surface area contributed by atoms with E-state index in [2.05, 4.69) is 119 Å². The molecule has 146 valence electrons. The number of hydrogen-bond acceptors (Lipinski definition) is 0. The summed E-state index contributed by atoms with van der Waals surface area (Å²) in [5, 5.41) is 0. The monoisotopic (exact) mass is 466 g/mol. The molecule has 1 fully saturated rings. The fourth-order valence-electron chi connectivity index (χ4n) is 5.32. The van der Waals surface area contributed by atoms with Crippen LogP contribution in [0.1, 0.15) is 25.0 Å². The summed E-state index contributed by atoms with van der Waals surface area (Å²) in [5.74, 6) is 2.54. The van der Waals surface area contributed by atoms with E-state index >= 15 is 0 Å². The molecule has 28 heavy (non-hydrogen) atoms. The van der Waals surface area contributed by atoms with E-state index in [-0.39, 0.29) is 42.6 Å². The Hall–Kier alpha value is -0.496. The standard InChI is InChI=1S/C24H25.3ClH.Ti/c1-18-17-19-11-9-10-16-22(19)23(18)24(2,20-12-5-3-6-13-20)21-14-7-4-8-15-21;;;;/h3-19,22-23H,1-2H3;3*1H;/q;;;;+3/p-3. The molecule has 0 nitrogen and oxygen atoms in total. The van der Waals surface area contributed by atoms with Crippen LogP contribution in [0.3, 0.4) is 0 Å². The van der Waals surface area contributed by atoms with Gasteiger partial charge in [-0.3, -0.25) is 0 Å². The Balaban J connectivity index is 0.00000131. The van der Waals surface area contributed by atoms with Gasteiger partial charge in [0, 0.05) is 0 Å². The molecule has 0 saturated heterocycles. The maximum Gasteiger partial charge on any atom is -1.00 e. The zero-order valence-electron chi connectivity index (χ0n) is 16.1. The second-order valence-electron chi connectivity index (χ2n) is 7.77. The molecule has 0 radical (unpaired) electrons. The normalized spacial score (nSPS) is 27.8. The molecule has 0 N–H and O–H groups in total. The van der Waals surface area contributed by atoms with Crippen molar-refractivity contribution in [3.8, 4) is 0 Å². The zero-order chi connectivity index (χ0) is 17.4. The van der Waals surface area contributed by atoms with Crippen LogP contribution in [0.2, 0.25) is 4.22 Å². The summed E-state index contributed by atoms with van der Waals surface area (Å²) < 4.78 is 0.711. The first-order valence-electron chi connectivity index (χ1n) is 9.31. The maximum absolute atomic E-state index is 2.47. The molecule has 2 aromatic rings. The van der Waals surface area contributed by atoms with Gasteiger partial charge in [0.15, 0.2) is 0 Å². The van der Waals surface area contributed by atoms with Crippen molar-refractivity contribution >= 4 is 0 Å². The van der Waals surface area contributed by atoms with Crippen LogP contribution in [-0.4, -0.2) is 0 Å². The minimum absolute atomic E-state index is 0. The first kappa shape index (κ1) is 25.5. The molecule has 5 unspecified atom stereocenters. The van der Waals surface area contributed by atoms with Crippen LogP contribution in [0.15, 0.2) is 85.0 Å². The van der Waals surface area contributed by atoms with Crippen molar-refractivity contribution in [2.45, 2.75) is 23.5 Å². The fraction of sp³-hybridized carbons (Fsp3) is 0.333. The fourth-order valence-corrected chi connectivity index (χ4v) is 6.16. The summed E-state index contributed by atoms with van der Waals surface area (Å²) in [5.41, 5.74) is 2.90. The van der Waals surface area contributed by atoms with Gasteiger partial charge in [0.05, 0.1) is 0 Å². The van der Waals surface area contributed by atoms with Crippen LogP contribution in [0.4, 0.5) is 0 Å². The van der Waals surface area contributed by atoms with E-state index in [1.54, 1.807) is 0 Å². The van der Waals surface area contributed by atoms with Crippen molar-refractivity contribution in [1.82, 2.24) is 0 Å². The van der Waals surface area contributed by atoms with E-state index in [0.29, 0.717) is 27.9 Å². The van der Waals surface area contributed by atoms with Crippen molar-refractivity contribution in [3.05, 3.63) is 96.1 Å². The second-order valence-corrected chi connectivity index (χ2v) is 8.81. The van der Waals surface area contributed by atoms with E-state index in [4.69, 9.17) is 0 Å². The first-order valence-corrected chi connectivity index (χ1v) is 10.2. The van der Waals surface area contributed by atoms with Crippen LogP contribution >= 0.6 is 0 Å². The average Bonchev–Trinajstić information content (AvgIpc) is 2.94. The molecule has 4 rings (SSSR count). The molecule has 0 amide bonds. The van der Waals surface area contributed by atoms with Crippen LogP contribution in [0.25, 0.3) is 0 Å². The van der Waals surface area contributed by atoms with Gasteiger partial charge in [-0.15, -0.1) is 0 Å². The predicted molar refractivity (Wildman–Crippen MR) is 101 cm³/mol. The van der Waals surface area contributed by atoms with Crippen LogP contribution in [0, 0.1) is 23.7 Å². The minimum Gasteiger partial charge on any atom is -1.00 e. The largest absolute Gasteiger partial charge is 1.00 e. The summed E-state index contributed by atoms with van der Waals surface area (Å²) in [7, 11) is 0. The minimum atomic E-state index is 0. The van der Waals surface area contributed by atoms with Crippen molar-refractivity contribution in [3.63, 3.8) is 0 Å². The summed E-state index contributed by atoms with van der Waals surface area (Å²) in [6.07, 6.45) is 9.42. The number of fused-ring (bicyclic) bond motifs is 1. The Morgan fingerprint density at radius 1 is 0.714 bits per heavy atom. The van der Waals surface area contributed by atoms with Crippen LogP contribution < -0.4 is 37.2 Å². The summed E-state index contributed by atoms with van der Waals surface area (Å²) in [4.78, 5) is 0. The Kier molecular flexibility index (Phi) is 9.59. The van der Waals surface area contributed by atoms with E-state index in [0.717, 1.165) is 0 Å². The molecule has 1 saturated carbocycles. The SMILES string of the molecule is CC1[CH]([Ti+3])C2C=CC=CC2C1C(C)(c1ccccc1)c1ccccc1.[Cl-].[Cl-].[Cl-]. The van der Waals surface area contributed by atoms with Crippen molar-refractivity contribution in [1.29, 1.82) is 0 Å². The summed E-state index contributed by atoms with van der Waals surface area (Å²) >= 11 is 2.45. The molecule has 2 aliphatic carbocycles. The van der Waals surface area contributed by atoms with Gasteiger partial charge in [0.1, 0.15) is 0 Å². The summed E-state index contributed by atoms with van der Waals surface area (Å²) in [6.45, 7) is 4.94. The third-order valence-corrected chi connectivity index (χ3v) is 8.02. The zero-order valence-corrected chi connectivity index (χ0v) is 19.9. The smallest absolute Gasteiger partial charge is 1.00 e. The van der Waals surface area contributed by atoms with Gasteiger partial charge >= 0.3 is 164 Å². The van der Waals surface area contributed by atoms with Crippen molar-refractivity contribution in [2.75, 3.05) is 0 Å². The molecule has 0 spiro atoms. The van der Waals surface area contributed by atoms with Gasteiger partial charge in [0.25, 0.3) is 0 Å². The second kappa shape index (κ2) is 10.5. The molecule has 4 heteroatoms. The van der Waals surface area contributed by atoms with Crippen molar-refractivity contribution in [2.24, 2.45) is 23.7 Å². The van der Waals surface area contributed by atoms with Gasteiger partial charge < -0.3 is 37.2 Å². The Morgan fingerprint density at radius 3 is 1.61 bits per heavy atom. The number of benzene rings is 2. The molecule has 0 bridgehead atoms. The van der Waals surface area contributed by atoms with E-state index < -0.39 is 0 Å². The molecule has 0 aromatic heterocycles. The molecule has 5 atom stereocenters. The topological polar surface area (TPSA) is 0 Å². The van der Waals surface area contributed by atoms with Gasteiger partial charge in [-0.05, 0) is 0 Å². The number of halogens is 3. The average molecular weight is 468 g/mol. The third kappa shape index (κ3) is 4.18. The van der Waals surface area contributed by atoms with Gasteiger partial charge in [0.2, 0.25) is 0 Å². The first-order chi connectivity index (χ1) is 12.1. The van der Waals surface area contributed by atoms with Crippen LogP contribution in [-0.2, 0) is 25.9 Å². The molecular weight excluding hydrogens is 442 g/mol. The Labute approximate surface area is 199 Å². The van der Waals surface area contributed by atoms with E-state index in [1.807, 2.05) is 0 Å².